The molecule has 0 bridgehead atoms. The molecular weight excluding hydrogens is 188 g/mol. The second-order valence-corrected chi connectivity index (χ2v) is 3.94. The zero-order valence-electron chi connectivity index (χ0n) is 9.02. The molecule has 15 heavy (non-hydrogen) atoms. The summed E-state index contributed by atoms with van der Waals surface area (Å²) in [6.07, 6.45) is 4.85. The van der Waals surface area contributed by atoms with Crippen molar-refractivity contribution in [3.05, 3.63) is 35.0 Å². The zero-order valence-corrected chi connectivity index (χ0v) is 9.02. The number of hydrogen-bond acceptors (Lipinski definition) is 2. The van der Waals surface area contributed by atoms with Crippen LogP contribution >= 0.6 is 0 Å². The summed E-state index contributed by atoms with van der Waals surface area (Å²) in [4.78, 5) is 0. The third kappa shape index (κ3) is 1.94. The standard InChI is InChI=1S/C12H16N2O/c1-2-3-6-9-14(15)12-8-5-4-7-11(12)10-13-14/h4-5,7-8,10H,2-3,6,9H2,1H3. The Morgan fingerprint density at radius 1 is 1.27 bits per heavy atom. The molecule has 0 amide bonds. The number of benzene rings is 1. The Hall–Kier alpha value is -1.19. The van der Waals surface area contributed by atoms with Crippen LogP contribution in [0.3, 0.4) is 0 Å². The first kappa shape index (κ1) is 10.3. The zero-order chi connectivity index (χ0) is 10.7. The van der Waals surface area contributed by atoms with E-state index in [1.54, 1.807) is 6.21 Å². The second kappa shape index (κ2) is 4.13. The third-order valence-corrected chi connectivity index (χ3v) is 2.76. The summed E-state index contributed by atoms with van der Waals surface area (Å²) in [6, 6.07) is 7.66. The first-order chi connectivity index (χ1) is 7.26. The van der Waals surface area contributed by atoms with Crippen LogP contribution in [0.25, 0.3) is 0 Å². The average molecular weight is 204 g/mol. The summed E-state index contributed by atoms with van der Waals surface area (Å²) in [5, 5.41) is 16.4. The van der Waals surface area contributed by atoms with Gasteiger partial charge in [0.05, 0.1) is 11.8 Å². The highest BCUT2D eigenvalue weighted by Gasteiger charge is 2.27. The molecule has 2 rings (SSSR count). The summed E-state index contributed by atoms with van der Waals surface area (Å²) in [5.74, 6) is 0. The average Bonchev–Trinajstić information content (AvgIpc) is 2.59. The van der Waals surface area contributed by atoms with Crippen molar-refractivity contribution in [1.29, 1.82) is 0 Å². The molecule has 80 valence electrons. The first-order valence-electron chi connectivity index (χ1n) is 5.50. The maximum Gasteiger partial charge on any atom is 0.168 e. The first-order valence-corrected chi connectivity index (χ1v) is 5.50. The minimum atomic E-state index is -0.518. The van der Waals surface area contributed by atoms with E-state index >= 15 is 0 Å². The third-order valence-electron chi connectivity index (χ3n) is 2.76. The van der Waals surface area contributed by atoms with E-state index < -0.39 is 4.76 Å². The summed E-state index contributed by atoms with van der Waals surface area (Å²) in [7, 11) is 0. The Balaban J connectivity index is 2.14. The summed E-state index contributed by atoms with van der Waals surface area (Å²) in [6.45, 7) is 2.69. The lowest BCUT2D eigenvalue weighted by atomic mass is 10.2. The van der Waals surface area contributed by atoms with Gasteiger partial charge in [0.15, 0.2) is 5.69 Å². The van der Waals surface area contributed by atoms with Gasteiger partial charge in [0, 0.05) is 6.07 Å². The lowest BCUT2D eigenvalue weighted by Gasteiger charge is -2.32. The molecule has 1 aromatic rings. The topological polar surface area (TPSA) is 35.4 Å². The van der Waals surface area contributed by atoms with E-state index in [-0.39, 0.29) is 0 Å². The number of quaternary nitrogens is 1. The number of fused-ring (bicyclic) bond motifs is 1. The number of rotatable bonds is 4. The molecule has 0 N–H and O–H groups in total. The Morgan fingerprint density at radius 3 is 2.87 bits per heavy atom. The van der Waals surface area contributed by atoms with Gasteiger partial charge in [-0.05, 0) is 18.9 Å². The van der Waals surface area contributed by atoms with Gasteiger partial charge in [-0.25, -0.2) is 0 Å². The summed E-state index contributed by atoms with van der Waals surface area (Å²) >= 11 is 0. The maximum absolute atomic E-state index is 12.3. The highest BCUT2D eigenvalue weighted by molar-refractivity contribution is 5.91. The molecule has 1 aliphatic rings. The van der Waals surface area contributed by atoms with Crippen LogP contribution in [0.1, 0.15) is 31.7 Å². The van der Waals surface area contributed by atoms with Gasteiger partial charge in [-0.3, -0.25) is 0 Å². The Kier molecular flexibility index (Phi) is 2.84. The normalized spacial score (nSPS) is 23.1. The van der Waals surface area contributed by atoms with Gasteiger partial charge in [0.25, 0.3) is 0 Å². The highest BCUT2D eigenvalue weighted by Crippen LogP contribution is 2.31. The number of nitrogens with zero attached hydrogens (tertiary/aromatic N) is 2. The predicted octanol–water partition coefficient (Wildman–Crippen LogP) is 3.03. The van der Waals surface area contributed by atoms with Crippen molar-refractivity contribution < 1.29 is 0 Å². The molecule has 0 saturated carbocycles. The van der Waals surface area contributed by atoms with Gasteiger partial charge in [-0.15, -0.1) is 0 Å². The van der Waals surface area contributed by atoms with Crippen molar-refractivity contribution in [2.45, 2.75) is 26.2 Å². The van der Waals surface area contributed by atoms with Crippen molar-refractivity contribution in [1.82, 2.24) is 4.76 Å². The van der Waals surface area contributed by atoms with E-state index in [1.165, 1.54) is 0 Å². The largest absolute Gasteiger partial charge is 0.599 e. The SMILES string of the molecule is CCCCC[N+]1([O-])N=Cc2ccccc21. The van der Waals surface area contributed by atoms with E-state index in [4.69, 9.17) is 0 Å². The molecule has 1 aliphatic heterocycles. The van der Waals surface area contributed by atoms with Crippen LogP contribution in [-0.4, -0.2) is 12.8 Å². The minimum Gasteiger partial charge on any atom is -0.599 e. The van der Waals surface area contributed by atoms with Crippen molar-refractivity contribution in [2.24, 2.45) is 5.10 Å². The van der Waals surface area contributed by atoms with Crippen molar-refractivity contribution >= 4 is 11.9 Å². The Morgan fingerprint density at radius 2 is 2.07 bits per heavy atom. The number of hydroxylamine groups is 1. The lowest BCUT2D eigenvalue weighted by Crippen LogP contribution is -2.36. The fraction of sp³-hybridized carbons (Fsp3) is 0.417. The molecule has 1 unspecified atom stereocenters. The molecular formula is C12H16N2O. The van der Waals surface area contributed by atoms with Crippen LogP contribution in [0.2, 0.25) is 0 Å². The van der Waals surface area contributed by atoms with E-state index in [1.807, 2.05) is 24.3 Å². The number of para-hydroxylation sites is 1. The Bertz CT molecular complexity index is 376. The predicted molar refractivity (Wildman–Crippen MR) is 63.6 cm³/mol. The summed E-state index contributed by atoms with van der Waals surface area (Å²) in [5.41, 5.74) is 1.75. The second-order valence-electron chi connectivity index (χ2n) is 3.94. The van der Waals surface area contributed by atoms with Crippen molar-refractivity contribution in [3.63, 3.8) is 0 Å². The molecule has 0 saturated heterocycles. The van der Waals surface area contributed by atoms with Crippen LogP contribution in [0.4, 0.5) is 5.69 Å². The van der Waals surface area contributed by atoms with E-state index in [0.29, 0.717) is 6.54 Å². The van der Waals surface area contributed by atoms with Crippen molar-refractivity contribution in [3.8, 4) is 0 Å². The molecule has 0 spiro atoms. The van der Waals surface area contributed by atoms with Crippen LogP contribution in [0.5, 0.6) is 0 Å². The van der Waals surface area contributed by atoms with E-state index in [2.05, 4.69) is 12.0 Å². The van der Waals surface area contributed by atoms with Crippen LogP contribution in [0.15, 0.2) is 29.4 Å². The molecule has 0 aliphatic carbocycles. The molecule has 3 nitrogen and oxygen atoms in total. The molecule has 1 heterocycles. The smallest absolute Gasteiger partial charge is 0.168 e. The molecule has 0 aromatic heterocycles. The quantitative estimate of drug-likeness (QED) is 0.422. The van der Waals surface area contributed by atoms with Gasteiger partial charge in [-0.2, -0.15) is 4.76 Å². The molecule has 1 atom stereocenters. The molecule has 0 fully saturated rings. The van der Waals surface area contributed by atoms with Gasteiger partial charge in [-0.1, -0.05) is 30.6 Å². The molecule has 0 radical (unpaired) electrons. The van der Waals surface area contributed by atoms with Crippen LogP contribution < -0.4 is 4.76 Å². The Labute approximate surface area is 90.2 Å². The monoisotopic (exact) mass is 204 g/mol. The van der Waals surface area contributed by atoms with Gasteiger partial charge < -0.3 is 5.21 Å². The number of hydrogen-bond donors (Lipinski definition) is 0. The molecule has 3 heteroatoms. The van der Waals surface area contributed by atoms with Crippen LogP contribution in [-0.2, 0) is 0 Å². The van der Waals surface area contributed by atoms with E-state index in [0.717, 1.165) is 30.5 Å². The summed E-state index contributed by atoms with van der Waals surface area (Å²) < 4.78 is -0.518. The van der Waals surface area contributed by atoms with Gasteiger partial charge in [0.1, 0.15) is 6.54 Å². The van der Waals surface area contributed by atoms with Crippen molar-refractivity contribution in [2.75, 3.05) is 6.54 Å². The fourth-order valence-electron chi connectivity index (χ4n) is 1.89. The number of unbranched alkanes of at least 4 members (excludes halogenated alkanes) is 2. The fourth-order valence-corrected chi connectivity index (χ4v) is 1.89. The lowest BCUT2D eigenvalue weighted by molar-refractivity contribution is 0.386. The highest BCUT2D eigenvalue weighted by atomic mass is 16.6. The van der Waals surface area contributed by atoms with E-state index in [9.17, 15) is 5.21 Å². The maximum atomic E-state index is 12.3. The van der Waals surface area contributed by atoms with Crippen LogP contribution in [0, 0.1) is 5.21 Å². The van der Waals surface area contributed by atoms with Gasteiger partial charge in [0.2, 0.25) is 0 Å². The molecule has 1 aromatic carbocycles. The minimum absolute atomic E-state index is 0.518. The van der Waals surface area contributed by atoms with Gasteiger partial charge >= 0.3 is 0 Å².